The van der Waals surface area contributed by atoms with Crippen LogP contribution in [0.5, 0.6) is 5.75 Å². The van der Waals surface area contributed by atoms with Crippen molar-refractivity contribution in [3.63, 3.8) is 0 Å². The molecule has 5 nitrogen and oxygen atoms in total. The number of fused-ring (bicyclic) bond motifs is 1. The van der Waals surface area contributed by atoms with Gasteiger partial charge in [-0.05, 0) is 25.1 Å². The second-order valence-electron chi connectivity index (χ2n) is 4.21. The van der Waals surface area contributed by atoms with Crippen LogP contribution in [0, 0.1) is 0 Å². The quantitative estimate of drug-likeness (QED) is 0.910. The van der Waals surface area contributed by atoms with Gasteiger partial charge in [0.05, 0.1) is 12.3 Å². The van der Waals surface area contributed by atoms with Crippen molar-refractivity contribution in [1.82, 2.24) is 5.48 Å². The van der Waals surface area contributed by atoms with E-state index >= 15 is 0 Å². The van der Waals surface area contributed by atoms with Crippen LogP contribution in [-0.2, 0) is 14.7 Å². The van der Waals surface area contributed by atoms with Crippen LogP contribution in [-0.4, -0.2) is 21.1 Å². The van der Waals surface area contributed by atoms with Crippen LogP contribution in [0.1, 0.15) is 12.5 Å². The van der Waals surface area contributed by atoms with Gasteiger partial charge in [-0.15, -0.1) is 0 Å². The molecule has 19 heavy (non-hydrogen) atoms. The number of hydrogen-bond donors (Lipinski definition) is 1. The third kappa shape index (κ3) is 2.02. The second kappa shape index (κ2) is 4.40. The Labute approximate surface area is 111 Å². The molecule has 0 spiro atoms. The minimum atomic E-state index is -3.38. The van der Waals surface area contributed by atoms with Crippen molar-refractivity contribution in [3.05, 3.63) is 46.2 Å². The van der Waals surface area contributed by atoms with Crippen LogP contribution in [0.25, 0.3) is 5.70 Å². The van der Waals surface area contributed by atoms with Gasteiger partial charge in [0.2, 0.25) is 9.84 Å². The van der Waals surface area contributed by atoms with Crippen LogP contribution in [0.3, 0.4) is 0 Å². The minimum Gasteiger partial charge on any atom is -0.494 e. The highest BCUT2D eigenvalue weighted by atomic mass is 32.2. The molecule has 0 fully saturated rings. The maximum Gasteiger partial charge on any atom is 0.200 e. The van der Waals surface area contributed by atoms with Gasteiger partial charge in [0.15, 0.2) is 0 Å². The van der Waals surface area contributed by atoms with E-state index in [4.69, 9.17) is 9.57 Å². The highest BCUT2D eigenvalue weighted by Gasteiger charge is 2.38. The number of hydrogen-bond acceptors (Lipinski definition) is 5. The first-order chi connectivity index (χ1) is 9.12. The fourth-order valence-corrected chi connectivity index (χ4v) is 3.55. The highest BCUT2D eigenvalue weighted by Crippen LogP contribution is 2.36. The monoisotopic (exact) mass is 279 g/mol. The molecule has 0 amide bonds. The summed E-state index contributed by atoms with van der Waals surface area (Å²) in [5.74, 6) is 0.696. The van der Waals surface area contributed by atoms with Gasteiger partial charge in [-0.3, -0.25) is 10.3 Å². The molecule has 0 radical (unpaired) electrons. The summed E-state index contributed by atoms with van der Waals surface area (Å²) in [5.41, 5.74) is 3.91. The standard InChI is InChI=1S/C13H13NO4S/c1-2-17-10-5-3-4-9(8-10)12-13-11(18-14-12)6-7-19(13,15)16/h3-8,11,14H,2H2,1H3. The number of ether oxygens (including phenoxy) is 1. The predicted molar refractivity (Wildman–Crippen MR) is 70.6 cm³/mol. The molecule has 2 heterocycles. The summed E-state index contributed by atoms with van der Waals surface area (Å²) in [6, 6.07) is 7.25. The van der Waals surface area contributed by atoms with Gasteiger partial charge in [-0.25, -0.2) is 8.42 Å². The van der Waals surface area contributed by atoms with E-state index in [0.29, 0.717) is 18.1 Å². The van der Waals surface area contributed by atoms with Gasteiger partial charge >= 0.3 is 0 Å². The molecule has 1 aromatic rings. The largest absolute Gasteiger partial charge is 0.494 e. The van der Waals surface area contributed by atoms with E-state index in [2.05, 4.69) is 5.48 Å². The van der Waals surface area contributed by atoms with E-state index in [1.165, 1.54) is 11.5 Å². The lowest BCUT2D eigenvalue weighted by Crippen LogP contribution is -2.09. The molecular formula is C13H13NO4S. The average Bonchev–Trinajstić information content (AvgIpc) is 2.93. The van der Waals surface area contributed by atoms with E-state index in [1.807, 2.05) is 25.1 Å². The summed E-state index contributed by atoms with van der Waals surface area (Å²) < 4.78 is 29.3. The Morgan fingerprint density at radius 1 is 1.42 bits per heavy atom. The molecular weight excluding hydrogens is 266 g/mol. The lowest BCUT2D eigenvalue weighted by molar-refractivity contribution is 0.0777. The predicted octanol–water partition coefficient (Wildman–Crippen LogP) is 1.60. The van der Waals surface area contributed by atoms with Crippen LogP contribution in [0.15, 0.2) is 40.7 Å². The molecule has 0 saturated carbocycles. The molecule has 1 N–H and O–H groups in total. The summed E-state index contributed by atoms with van der Waals surface area (Å²) in [6.45, 7) is 2.45. The van der Waals surface area contributed by atoms with Crippen molar-refractivity contribution in [2.75, 3.05) is 6.61 Å². The highest BCUT2D eigenvalue weighted by molar-refractivity contribution is 7.98. The Kier molecular flexibility index (Phi) is 2.83. The fourth-order valence-electron chi connectivity index (χ4n) is 2.16. The zero-order chi connectivity index (χ0) is 13.5. The van der Waals surface area contributed by atoms with E-state index in [-0.39, 0.29) is 4.91 Å². The molecule has 1 unspecified atom stereocenters. The van der Waals surface area contributed by atoms with Crippen molar-refractivity contribution in [2.24, 2.45) is 0 Å². The first kappa shape index (κ1) is 12.3. The average molecular weight is 279 g/mol. The zero-order valence-electron chi connectivity index (χ0n) is 10.3. The van der Waals surface area contributed by atoms with E-state index < -0.39 is 15.9 Å². The third-order valence-corrected chi connectivity index (χ3v) is 4.53. The summed E-state index contributed by atoms with van der Waals surface area (Å²) in [4.78, 5) is 5.51. The lowest BCUT2D eigenvalue weighted by Gasteiger charge is -2.08. The lowest BCUT2D eigenvalue weighted by atomic mass is 10.1. The Hall–Kier alpha value is -1.79. The minimum absolute atomic E-state index is 0.265. The molecule has 0 saturated heterocycles. The number of nitrogens with one attached hydrogen (secondary N) is 1. The van der Waals surface area contributed by atoms with Crippen molar-refractivity contribution in [3.8, 4) is 5.75 Å². The fraction of sp³-hybridized carbons (Fsp3) is 0.231. The van der Waals surface area contributed by atoms with Crippen LogP contribution >= 0.6 is 0 Å². The Morgan fingerprint density at radius 2 is 2.26 bits per heavy atom. The molecule has 3 rings (SSSR count). The topological polar surface area (TPSA) is 64.6 Å². The van der Waals surface area contributed by atoms with Gasteiger partial charge < -0.3 is 4.74 Å². The molecule has 1 atom stereocenters. The molecule has 0 bridgehead atoms. The van der Waals surface area contributed by atoms with Gasteiger partial charge in [0.25, 0.3) is 0 Å². The van der Waals surface area contributed by atoms with Crippen LogP contribution in [0.4, 0.5) is 0 Å². The first-order valence-corrected chi connectivity index (χ1v) is 7.49. The smallest absolute Gasteiger partial charge is 0.200 e. The number of hydroxylamine groups is 1. The molecule has 0 aromatic heterocycles. The third-order valence-electron chi connectivity index (χ3n) is 2.97. The van der Waals surface area contributed by atoms with Gasteiger partial charge in [-0.2, -0.15) is 0 Å². The Morgan fingerprint density at radius 3 is 3.05 bits per heavy atom. The van der Waals surface area contributed by atoms with E-state index in [9.17, 15) is 8.42 Å². The van der Waals surface area contributed by atoms with Crippen molar-refractivity contribution in [1.29, 1.82) is 0 Å². The molecule has 1 aromatic carbocycles. The molecule has 6 heteroatoms. The molecule has 2 aliphatic rings. The number of rotatable bonds is 3. The van der Waals surface area contributed by atoms with E-state index in [1.54, 1.807) is 6.07 Å². The Bertz CT molecular complexity index is 676. The maximum absolute atomic E-state index is 11.9. The van der Waals surface area contributed by atoms with Gasteiger partial charge in [0.1, 0.15) is 16.8 Å². The number of benzene rings is 1. The molecule has 0 aliphatic carbocycles. The summed E-state index contributed by atoms with van der Waals surface area (Å²) >= 11 is 0. The van der Waals surface area contributed by atoms with E-state index in [0.717, 1.165) is 5.56 Å². The first-order valence-electron chi connectivity index (χ1n) is 5.94. The van der Waals surface area contributed by atoms with Crippen molar-refractivity contribution in [2.45, 2.75) is 13.0 Å². The van der Waals surface area contributed by atoms with Crippen LogP contribution in [0.2, 0.25) is 0 Å². The summed E-state index contributed by atoms with van der Waals surface area (Å²) in [6.07, 6.45) is 0.993. The van der Waals surface area contributed by atoms with Gasteiger partial charge in [0, 0.05) is 11.0 Å². The van der Waals surface area contributed by atoms with Crippen LogP contribution < -0.4 is 10.2 Å². The Balaban J connectivity index is 2.07. The van der Waals surface area contributed by atoms with Gasteiger partial charge in [-0.1, -0.05) is 12.1 Å². The SMILES string of the molecule is CCOc1cccc(C2=C3C(C=CS3(=O)=O)ON2)c1. The normalized spacial score (nSPS) is 23.3. The zero-order valence-corrected chi connectivity index (χ0v) is 11.1. The maximum atomic E-state index is 11.9. The number of sulfone groups is 1. The molecule has 2 aliphatic heterocycles. The second-order valence-corrected chi connectivity index (χ2v) is 6.02. The molecule has 100 valence electrons. The summed E-state index contributed by atoms with van der Waals surface area (Å²) in [5, 5.41) is 1.18. The van der Waals surface area contributed by atoms with Crippen molar-refractivity contribution >= 4 is 15.5 Å². The van der Waals surface area contributed by atoms with Crippen molar-refractivity contribution < 1.29 is 18.0 Å². The summed E-state index contributed by atoms with van der Waals surface area (Å²) in [7, 11) is -3.38.